The van der Waals surface area contributed by atoms with Gasteiger partial charge in [0, 0.05) is 25.4 Å². The van der Waals surface area contributed by atoms with E-state index in [1.165, 1.54) is 22.8 Å². The lowest BCUT2D eigenvalue weighted by Gasteiger charge is -2.26. The summed E-state index contributed by atoms with van der Waals surface area (Å²) in [5.74, 6) is -0.295. The fourth-order valence-corrected chi connectivity index (χ4v) is 4.37. The predicted octanol–water partition coefficient (Wildman–Crippen LogP) is 1.34. The number of aromatic nitrogens is 1. The zero-order chi connectivity index (χ0) is 16.4. The second kappa shape index (κ2) is 6.00. The second-order valence-electron chi connectivity index (χ2n) is 5.23. The van der Waals surface area contributed by atoms with E-state index < -0.39 is 16.1 Å². The zero-order valence-electron chi connectivity index (χ0n) is 12.6. The molecule has 1 N–H and O–H groups in total. The molecular formula is C16H17N3O3S. The Balaban J connectivity index is 2.10. The average molecular weight is 331 g/mol. The highest BCUT2D eigenvalue weighted by molar-refractivity contribution is 7.93. The molecule has 2 aromatic rings. The molecule has 0 fully saturated rings. The van der Waals surface area contributed by atoms with E-state index in [1.807, 2.05) is 12.1 Å². The number of amides is 1. The standard InChI is InChI=1S/C16H17N3O3S/c1-2-18-16(20)15-10-12-6-3-4-8-14(12)19(15)23(21,22)13-7-5-9-17-11-13/h3-9,11,15H,2,10H2,1H3,(H,18,20). The van der Waals surface area contributed by atoms with Crippen LogP contribution in [0.15, 0.2) is 53.7 Å². The average Bonchev–Trinajstić information content (AvgIpc) is 2.96. The molecule has 1 aromatic carbocycles. The minimum atomic E-state index is -3.85. The molecule has 0 aliphatic carbocycles. The molecule has 0 bridgehead atoms. The number of pyridine rings is 1. The second-order valence-corrected chi connectivity index (χ2v) is 7.05. The molecule has 1 unspecified atom stereocenters. The lowest BCUT2D eigenvalue weighted by Crippen LogP contribution is -2.48. The van der Waals surface area contributed by atoms with E-state index in [4.69, 9.17) is 0 Å². The van der Waals surface area contributed by atoms with Gasteiger partial charge in [0.15, 0.2) is 0 Å². The number of likely N-dealkylation sites (N-methyl/N-ethyl adjacent to an activating group) is 1. The lowest BCUT2D eigenvalue weighted by atomic mass is 10.1. The van der Waals surface area contributed by atoms with Gasteiger partial charge in [-0.15, -0.1) is 0 Å². The van der Waals surface area contributed by atoms with Crippen LogP contribution in [0, 0.1) is 0 Å². The first kappa shape index (κ1) is 15.5. The van der Waals surface area contributed by atoms with Gasteiger partial charge in [-0.1, -0.05) is 18.2 Å². The van der Waals surface area contributed by atoms with Gasteiger partial charge < -0.3 is 5.32 Å². The Bertz CT molecular complexity index is 821. The third-order valence-electron chi connectivity index (χ3n) is 3.77. The summed E-state index contributed by atoms with van der Waals surface area (Å²) in [6.45, 7) is 2.26. The molecule has 1 aliphatic rings. The molecule has 1 atom stereocenters. The van der Waals surface area contributed by atoms with Crippen molar-refractivity contribution in [2.75, 3.05) is 10.8 Å². The Hall–Kier alpha value is -2.41. The summed E-state index contributed by atoms with van der Waals surface area (Å²) >= 11 is 0. The summed E-state index contributed by atoms with van der Waals surface area (Å²) < 4.78 is 27.3. The number of benzene rings is 1. The molecular weight excluding hydrogens is 314 g/mol. The molecule has 0 saturated carbocycles. The van der Waals surface area contributed by atoms with Crippen LogP contribution >= 0.6 is 0 Å². The first-order valence-electron chi connectivity index (χ1n) is 7.35. The van der Waals surface area contributed by atoms with Crippen LogP contribution in [0.4, 0.5) is 5.69 Å². The van der Waals surface area contributed by atoms with Crippen molar-refractivity contribution in [1.82, 2.24) is 10.3 Å². The van der Waals surface area contributed by atoms with Crippen molar-refractivity contribution in [3.63, 3.8) is 0 Å². The summed E-state index contributed by atoms with van der Waals surface area (Å²) in [5.41, 5.74) is 1.39. The Morgan fingerprint density at radius 2 is 2.09 bits per heavy atom. The SMILES string of the molecule is CCNC(=O)C1Cc2ccccc2N1S(=O)(=O)c1cccnc1. The highest BCUT2D eigenvalue weighted by Gasteiger charge is 2.41. The minimum absolute atomic E-state index is 0.0750. The zero-order valence-corrected chi connectivity index (χ0v) is 13.5. The Morgan fingerprint density at radius 1 is 1.30 bits per heavy atom. The third-order valence-corrected chi connectivity index (χ3v) is 5.58. The summed E-state index contributed by atoms with van der Waals surface area (Å²) in [6, 6.07) is 9.45. The molecule has 6 nitrogen and oxygen atoms in total. The van der Waals surface area contributed by atoms with Gasteiger partial charge in [0.05, 0.1) is 5.69 Å². The van der Waals surface area contributed by atoms with Crippen molar-refractivity contribution >= 4 is 21.6 Å². The van der Waals surface area contributed by atoms with Gasteiger partial charge in [-0.3, -0.25) is 14.1 Å². The molecule has 0 spiro atoms. The maximum Gasteiger partial charge on any atom is 0.266 e. The number of carbonyl (C=O) groups is 1. The van der Waals surface area contributed by atoms with Crippen LogP contribution < -0.4 is 9.62 Å². The maximum atomic E-state index is 13.0. The smallest absolute Gasteiger partial charge is 0.266 e. The predicted molar refractivity (Wildman–Crippen MR) is 86.5 cm³/mol. The molecule has 23 heavy (non-hydrogen) atoms. The van der Waals surface area contributed by atoms with Gasteiger partial charge in [0.1, 0.15) is 10.9 Å². The number of anilines is 1. The molecule has 0 radical (unpaired) electrons. The van der Waals surface area contributed by atoms with E-state index in [2.05, 4.69) is 10.3 Å². The molecule has 1 amide bonds. The first-order chi connectivity index (χ1) is 11.1. The number of sulfonamides is 1. The van der Waals surface area contributed by atoms with Crippen LogP contribution in [-0.4, -0.2) is 31.9 Å². The highest BCUT2D eigenvalue weighted by atomic mass is 32.2. The van der Waals surface area contributed by atoms with Gasteiger partial charge in [0.25, 0.3) is 10.0 Å². The highest BCUT2D eigenvalue weighted by Crippen LogP contribution is 2.36. The monoisotopic (exact) mass is 331 g/mol. The largest absolute Gasteiger partial charge is 0.355 e. The fraction of sp³-hybridized carbons (Fsp3) is 0.250. The fourth-order valence-electron chi connectivity index (χ4n) is 2.76. The molecule has 7 heteroatoms. The number of hydrogen-bond acceptors (Lipinski definition) is 4. The van der Waals surface area contributed by atoms with Gasteiger partial charge >= 0.3 is 0 Å². The number of nitrogens with zero attached hydrogens (tertiary/aromatic N) is 2. The number of fused-ring (bicyclic) bond motifs is 1. The Kier molecular flexibility index (Phi) is 4.04. The molecule has 3 rings (SSSR count). The van der Waals surface area contributed by atoms with Gasteiger partial charge in [-0.05, 0) is 30.7 Å². The van der Waals surface area contributed by atoms with Gasteiger partial charge in [0.2, 0.25) is 5.91 Å². The number of carbonyl (C=O) groups excluding carboxylic acids is 1. The maximum absolute atomic E-state index is 13.0. The van der Waals surface area contributed by atoms with Gasteiger partial charge in [-0.25, -0.2) is 8.42 Å². The topological polar surface area (TPSA) is 79.4 Å². The van der Waals surface area contributed by atoms with E-state index in [-0.39, 0.29) is 10.8 Å². The number of para-hydroxylation sites is 1. The van der Waals surface area contributed by atoms with Crippen molar-refractivity contribution in [2.24, 2.45) is 0 Å². The van der Waals surface area contributed by atoms with Crippen molar-refractivity contribution in [2.45, 2.75) is 24.3 Å². The molecule has 120 valence electrons. The van der Waals surface area contributed by atoms with E-state index in [0.717, 1.165) is 5.56 Å². The van der Waals surface area contributed by atoms with E-state index in [0.29, 0.717) is 18.7 Å². The van der Waals surface area contributed by atoms with Crippen LogP contribution in [-0.2, 0) is 21.2 Å². The van der Waals surface area contributed by atoms with Crippen LogP contribution in [0.1, 0.15) is 12.5 Å². The minimum Gasteiger partial charge on any atom is -0.355 e. The number of hydrogen-bond donors (Lipinski definition) is 1. The Morgan fingerprint density at radius 3 is 2.78 bits per heavy atom. The Labute approximate surface area is 135 Å². The van der Waals surface area contributed by atoms with E-state index in [1.54, 1.807) is 25.1 Å². The van der Waals surface area contributed by atoms with Crippen molar-refractivity contribution < 1.29 is 13.2 Å². The summed E-state index contributed by atoms with van der Waals surface area (Å²) in [4.78, 5) is 16.3. The summed E-state index contributed by atoms with van der Waals surface area (Å²) in [6.07, 6.45) is 3.17. The normalized spacial score (nSPS) is 16.9. The van der Waals surface area contributed by atoms with Crippen molar-refractivity contribution in [1.29, 1.82) is 0 Å². The van der Waals surface area contributed by atoms with Crippen LogP contribution in [0.2, 0.25) is 0 Å². The molecule has 1 aromatic heterocycles. The van der Waals surface area contributed by atoms with E-state index >= 15 is 0 Å². The first-order valence-corrected chi connectivity index (χ1v) is 8.79. The van der Waals surface area contributed by atoms with Crippen molar-refractivity contribution in [3.8, 4) is 0 Å². The lowest BCUT2D eigenvalue weighted by molar-refractivity contribution is -0.121. The quantitative estimate of drug-likeness (QED) is 0.917. The molecule has 1 aliphatic heterocycles. The van der Waals surface area contributed by atoms with Gasteiger partial charge in [-0.2, -0.15) is 0 Å². The molecule has 0 saturated heterocycles. The van der Waals surface area contributed by atoms with Crippen LogP contribution in [0.5, 0.6) is 0 Å². The number of nitrogens with one attached hydrogen (secondary N) is 1. The van der Waals surface area contributed by atoms with Crippen LogP contribution in [0.25, 0.3) is 0 Å². The van der Waals surface area contributed by atoms with E-state index in [9.17, 15) is 13.2 Å². The third kappa shape index (κ3) is 2.68. The van der Waals surface area contributed by atoms with Crippen LogP contribution in [0.3, 0.4) is 0 Å². The summed E-state index contributed by atoms with van der Waals surface area (Å²) in [5, 5.41) is 2.72. The van der Waals surface area contributed by atoms with Crippen molar-refractivity contribution in [3.05, 3.63) is 54.4 Å². The summed E-state index contributed by atoms with van der Waals surface area (Å²) in [7, 11) is -3.85. The molecule has 2 heterocycles. The number of rotatable bonds is 4.